The Kier molecular flexibility index (Phi) is 5.16. The summed E-state index contributed by atoms with van der Waals surface area (Å²) in [6.07, 6.45) is 5.38. The van der Waals surface area contributed by atoms with Gasteiger partial charge in [-0.05, 0) is 25.0 Å². The molecule has 0 radical (unpaired) electrons. The van der Waals surface area contributed by atoms with Gasteiger partial charge in [0.05, 0.1) is 18.5 Å². The van der Waals surface area contributed by atoms with Gasteiger partial charge in [0, 0.05) is 19.3 Å². The van der Waals surface area contributed by atoms with Crippen LogP contribution < -0.4 is 15.8 Å². The fourth-order valence-corrected chi connectivity index (χ4v) is 1.67. The molecule has 0 saturated carbocycles. The van der Waals surface area contributed by atoms with Crippen molar-refractivity contribution in [2.75, 3.05) is 24.2 Å². The Labute approximate surface area is 118 Å². The zero-order chi connectivity index (χ0) is 14.2. The number of anilines is 2. The van der Waals surface area contributed by atoms with E-state index in [-0.39, 0.29) is 0 Å². The van der Waals surface area contributed by atoms with Crippen molar-refractivity contribution in [1.29, 1.82) is 0 Å². The first-order valence-electron chi connectivity index (χ1n) is 6.77. The first-order chi connectivity index (χ1) is 9.79. The number of aryl methyl sites for hydroxylation is 1. The van der Waals surface area contributed by atoms with Crippen LogP contribution in [0.2, 0.25) is 0 Å². The number of nitrogen functional groups attached to an aromatic ring is 1. The molecule has 3 N–H and O–H groups in total. The van der Waals surface area contributed by atoms with Gasteiger partial charge in [-0.15, -0.1) is 5.10 Å². The highest BCUT2D eigenvalue weighted by molar-refractivity contribution is 5.53. The summed E-state index contributed by atoms with van der Waals surface area (Å²) in [5.74, 6) is 1.26. The molecule has 0 bridgehead atoms. The molecule has 0 spiro atoms. The lowest BCUT2D eigenvalue weighted by Crippen LogP contribution is -2.09. The summed E-state index contributed by atoms with van der Waals surface area (Å²) in [5.41, 5.74) is 6.38. The molecular weight excluding hydrogens is 256 g/mol. The maximum Gasteiger partial charge on any atom is 0.239 e. The van der Waals surface area contributed by atoms with E-state index in [4.69, 9.17) is 10.5 Å². The van der Waals surface area contributed by atoms with Crippen molar-refractivity contribution in [2.24, 2.45) is 0 Å². The molecule has 0 atom stereocenters. The molecule has 0 aromatic carbocycles. The van der Waals surface area contributed by atoms with Crippen molar-refractivity contribution < 1.29 is 4.74 Å². The van der Waals surface area contributed by atoms with Crippen molar-refractivity contribution in [3.63, 3.8) is 0 Å². The zero-order valence-corrected chi connectivity index (χ0v) is 11.6. The van der Waals surface area contributed by atoms with E-state index in [1.54, 1.807) is 16.9 Å². The SMILES string of the molecule is CCCOc1nc(NCCCn2ccnn2)ccc1N. The molecular formula is C13H20N6O. The summed E-state index contributed by atoms with van der Waals surface area (Å²) in [7, 11) is 0. The van der Waals surface area contributed by atoms with Crippen LogP contribution in [0.25, 0.3) is 0 Å². The van der Waals surface area contributed by atoms with Gasteiger partial charge in [-0.2, -0.15) is 4.98 Å². The fraction of sp³-hybridized carbons (Fsp3) is 0.462. The van der Waals surface area contributed by atoms with Crippen molar-refractivity contribution in [3.05, 3.63) is 24.5 Å². The average Bonchev–Trinajstić information content (AvgIpc) is 2.97. The maximum atomic E-state index is 5.82. The predicted octanol–water partition coefficient (Wildman–Crippen LogP) is 1.55. The molecule has 7 heteroatoms. The number of hydrogen-bond donors (Lipinski definition) is 2. The molecule has 0 unspecified atom stereocenters. The van der Waals surface area contributed by atoms with Gasteiger partial charge in [0.1, 0.15) is 5.82 Å². The maximum absolute atomic E-state index is 5.82. The number of hydrogen-bond acceptors (Lipinski definition) is 6. The lowest BCUT2D eigenvalue weighted by molar-refractivity contribution is 0.307. The van der Waals surface area contributed by atoms with Crippen LogP contribution in [0.5, 0.6) is 5.88 Å². The number of nitrogens with zero attached hydrogens (tertiary/aromatic N) is 4. The van der Waals surface area contributed by atoms with Gasteiger partial charge in [0.25, 0.3) is 0 Å². The molecule has 0 aliphatic heterocycles. The molecule has 0 saturated heterocycles. The largest absolute Gasteiger partial charge is 0.476 e. The number of nitrogens with one attached hydrogen (secondary N) is 1. The number of aromatic nitrogens is 4. The van der Waals surface area contributed by atoms with E-state index in [0.29, 0.717) is 18.2 Å². The van der Waals surface area contributed by atoms with Crippen LogP contribution >= 0.6 is 0 Å². The van der Waals surface area contributed by atoms with Crippen LogP contribution in [-0.2, 0) is 6.54 Å². The molecule has 0 aliphatic rings. The first-order valence-corrected chi connectivity index (χ1v) is 6.77. The fourth-order valence-electron chi connectivity index (χ4n) is 1.67. The van der Waals surface area contributed by atoms with Crippen molar-refractivity contribution >= 4 is 11.5 Å². The van der Waals surface area contributed by atoms with Gasteiger partial charge in [0.15, 0.2) is 0 Å². The molecule has 0 aliphatic carbocycles. The quantitative estimate of drug-likeness (QED) is 0.711. The second kappa shape index (κ2) is 7.32. The minimum Gasteiger partial charge on any atom is -0.476 e. The van der Waals surface area contributed by atoms with Gasteiger partial charge >= 0.3 is 0 Å². The highest BCUT2D eigenvalue weighted by Gasteiger charge is 2.03. The Balaban J connectivity index is 1.80. The van der Waals surface area contributed by atoms with Crippen molar-refractivity contribution in [2.45, 2.75) is 26.3 Å². The van der Waals surface area contributed by atoms with E-state index in [2.05, 4.69) is 20.6 Å². The second-order valence-corrected chi connectivity index (χ2v) is 4.39. The topological polar surface area (TPSA) is 90.9 Å². The number of rotatable bonds is 8. The molecule has 20 heavy (non-hydrogen) atoms. The number of nitrogens with two attached hydrogens (primary N) is 1. The summed E-state index contributed by atoms with van der Waals surface area (Å²) < 4.78 is 7.29. The van der Waals surface area contributed by atoms with Crippen LogP contribution in [0.4, 0.5) is 11.5 Å². The third kappa shape index (κ3) is 4.11. The van der Waals surface area contributed by atoms with Gasteiger partial charge in [0.2, 0.25) is 5.88 Å². The average molecular weight is 276 g/mol. The highest BCUT2D eigenvalue weighted by atomic mass is 16.5. The summed E-state index contributed by atoms with van der Waals surface area (Å²) in [5, 5.41) is 10.9. The van der Waals surface area contributed by atoms with E-state index >= 15 is 0 Å². The molecule has 2 rings (SSSR count). The molecule has 7 nitrogen and oxygen atoms in total. The summed E-state index contributed by atoms with van der Waals surface area (Å²) >= 11 is 0. The van der Waals surface area contributed by atoms with Gasteiger partial charge in [-0.25, -0.2) is 0 Å². The third-order valence-corrected chi connectivity index (χ3v) is 2.67. The molecule has 2 aromatic heterocycles. The van der Waals surface area contributed by atoms with Crippen LogP contribution in [0.15, 0.2) is 24.5 Å². The van der Waals surface area contributed by atoms with E-state index in [1.165, 1.54) is 0 Å². The monoisotopic (exact) mass is 276 g/mol. The van der Waals surface area contributed by atoms with Gasteiger partial charge in [-0.3, -0.25) is 4.68 Å². The molecule has 2 aromatic rings. The molecule has 0 fully saturated rings. The zero-order valence-electron chi connectivity index (χ0n) is 11.6. The van der Waals surface area contributed by atoms with Crippen LogP contribution in [0.3, 0.4) is 0 Å². The van der Waals surface area contributed by atoms with Crippen LogP contribution in [0, 0.1) is 0 Å². The highest BCUT2D eigenvalue weighted by Crippen LogP contribution is 2.20. The molecule has 2 heterocycles. The summed E-state index contributed by atoms with van der Waals surface area (Å²) in [6.45, 7) is 4.28. The van der Waals surface area contributed by atoms with Crippen molar-refractivity contribution in [1.82, 2.24) is 20.0 Å². The van der Waals surface area contributed by atoms with Gasteiger partial charge < -0.3 is 15.8 Å². The standard InChI is InChI=1S/C13H20N6O/c1-2-10-20-13-11(14)4-5-12(17-13)15-6-3-8-19-9-7-16-18-19/h4-5,7,9H,2-3,6,8,10,14H2,1H3,(H,15,17). The van der Waals surface area contributed by atoms with E-state index in [1.807, 2.05) is 19.2 Å². The minimum absolute atomic E-state index is 0.494. The smallest absolute Gasteiger partial charge is 0.239 e. The lowest BCUT2D eigenvalue weighted by atomic mass is 10.3. The van der Waals surface area contributed by atoms with Crippen LogP contribution in [0.1, 0.15) is 19.8 Å². The minimum atomic E-state index is 0.494. The van der Waals surface area contributed by atoms with Crippen LogP contribution in [-0.4, -0.2) is 33.1 Å². The summed E-state index contributed by atoms with van der Waals surface area (Å²) in [6, 6.07) is 3.65. The Morgan fingerprint density at radius 3 is 3.05 bits per heavy atom. The van der Waals surface area contributed by atoms with E-state index < -0.39 is 0 Å². The Morgan fingerprint density at radius 2 is 2.30 bits per heavy atom. The van der Waals surface area contributed by atoms with Gasteiger partial charge in [-0.1, -0.05) is 12.1 Å². The predicted molar refractivity (Wildman–Crippen MR) is 77.6 cm³/mol. The Bertz CT molecular complexity index is 514. The molecule has 108 valence electrons. The lowest BCUT2D eigenvalue weighted by Gasteiger charge is -2.10. The van der Waals surface area contributed by atoms with Crippen molar-refractivity contribution in [3.8, 4) is 5.88 Å². The third-order valence-electron chi connectivity index (χ3n) is 2.67. The number of ether oxygens (including phenoxy) is 1. The number of pyridine rings is 1. The van der Waals surface area contributed by atoms with E-state index in [9.17, 15) is 0 Å². The Morgan fingerprint density at radius 1 is 1.40 bits per heavy atom. The van der Waals surface area contributed by atoms with E-state index in [0.717, 1.165) is 31.7 Å². The first kappa shape index (κ1) is 14.1. The second-order valence-electron chi connectivity index (χ2n) is 4.39. The summed E-state index contributed by atoms with van der Waals surface area (Å²) in [4.78, 5) is 4.35. The Hall–Kier alpha value is -2.31. The molecule has 0 amide bonds. The normalized spacial score (nSPS) is 10.4.